The van der Waals surface area contributed by atoms with Crippen molar-refractivity contribution in [2.45, 2.75) is 23.9 Å². The molecule has 3 aromatic rings. The molecule has 0 bridgehead atoms. The van der Waals surface area contributed by atoms with E-state index in [1.54, 1.807) is 36.4 Å². The number of thioether (sulfide) groups is 1. The lowest BCUT2D eigenvalue weighted by Gasteiger charge is -2.39. The van der Waals surface area contributed by atoms with E-state index >= 15 is 0 Å². The van der Waals surface area contributed by atoms with Gasteiger partial charge in [-0.15, -0.1) is 11.8 Å². The Morgan fingerprint density at radius 3 is 2.54 bits per heavy atom. The number of hydrogen-bond donors (Lipinski definition) is 0. The molecule has 134 valence electrons. The predicted octanol–water partition coefficient (Wildman–Crippen LogP) is 5.14. The van der Waals surface area contributed by atoms with Crippen LogP contribution in [0.25, 0.3) is 0 Å². The molecule has 1 atom stereocenters. The van der Waals surface area contributed by atoms with Crippen LogP contribution in [0.2, 0.25) is 0 Å². The van der Waals surface area contributed by atoms with Crippen molar-refractivity contribution in [3.63, 3.8) is 0 Å². The standard InChI is InChI=1S/C20H17F3N2S/c21-20(22,23)17-7-5-16(6-8-17)19(13-25-11-10-24-14-25)18-4-2-1-3-15(18)9-12-26-19/h1-8,10-11,14H,9,12-13H2. The van der Waals surface area contributed by atoms with Gasteiger partial charge < -0.3 is 4.57 Å². The zero-order valence-electron chi connectivity index (χ0n) is 13.9. The number of nitrogens with zero attached hydrogens (tertiary/aromatic N) is 2. The van der Waals surface area contributed by atoms with E-state index in [1.165, 1.54) is 23.3 Å². The molecule has 4 rings (SSSR count). The summed E-state index contributed by atoms with van der Waals surface area (Å²) < 4.78 is 40.5. The molecule has 1 aliphatic rings. The zero-order chi connectivity index (χ0) is 18.2. The maximum Gasteiger partial charge on any atom is 0.416 e. The van der Waals surface area contributed by atoms with Crippen LogP contribution < -0.4 is 0 Å². The smallest absolute Gasteiger partial charge is 0.335 e. The van der Waals surface area contributed by atoms with Gasteiger partial charge in [-0.05, 0) is 41.0 Å². The minimum atomic E-state index is -4.33. The molecule has 0 saturated carbocycles. The normalized spacial score (nSPS) is 20.0. The molecule has 6 heteroatoms. The van der Waals surface area contributed by atoms with E-state index in [9.17, 15) is 13.2 Å². The predicted molar refractivity (Wildman–Crippen MR) is 97.1 cm³/mol. The second-order valence-corrected chi connectivity index (χ2v) is 7.79. The minimum absolute atomic E-state index is 0.431. The second kappa shape index (κ2) is 6.50. The maximum absolute atomic E-state index is 13.0. The highest BCUT2D eigenvalue weighted by molar-refractivity contribution is 8.00. The number of alkyl halides is 3. The average molecular weight is 374 g/mol. The zero-order valence-corrected chi connectivity index (χ0v) is 14.7. The van der Waals surface area contributed by atoms with Crippen molar-refractivity contribution >= 4 is 11.8 Å². The molecule has 1 aliphatic heterocycles. The average Bonchev–Trinajstić information content (AvgIpc) is 3.14. The van der Waals surface area contributed by atoms with Crippen LogP contribution in [0.3, 0.4) is 0 Å². The highest BCUT2D eigenvalue weighted by atomic mass is 32.2. The van der Waals surface area contributed by atoms with Crippen molar-refractivity contribution < 1.29 is 13.2 Å². The number of hydrogen-bond acceptors (Lipinski definition) is 2. The molecule has 2 heterocycles. The van der Waals surface area contributed by atoms with Gasteiger partial charge in [0, 0.05) is 18.9 Å². The van der Waals surface area contributed by atoms with Crippen LogP contribution in [-0.2, 0) is 23.9 Å². The van der Waals surface area contributed by atoms with E-state index in [0.717, 1.165) is 17.7 Å². The summed E-state index contributed by atoms with van der Waals surface area (Å²) in [5.74, 6) is 0.923. The quantitative estimate of drug-likeness (QED) is 0.632. The molecule has 0 aliphatic carbocycles. The highest BCUT2D eigenvalue weighted by Gasteiger charge is 2.40. The van der Waals surface area contributed by atoms with Crippen LogP contribution in [0.5, 0.6) is 0 Å². The van der Waals surface area contributed by atoms with E-state index in [-0.39, 0.29) is 0 Å². The molecule has 0 spiro atoms. The van der Waals surface area contributed by atoms with Crippen LogP contribution in [0.4, 0.5) is 13.2 Å². The third-order valence-electron chi connectivity index (χ3n) is 4.82. The van der Waals surface area contributed by atoms with Gasteiger partial charge in [-0.25, -0.2) is 4.98 Å². The van der Waals surface area contributed by atoms with E-state index in [0.29, 0.717) is 6.54 Å². The van der Waals surface area contributed by atoms with Gasteiger partial charge in [-0.3, -0.25) is 0 Å². The third-order valence-corrected chi connectivity index (χ3v) is 6.30. The summed E-state index contributed by atoms with van der Waals surface area (Å²) in [5, 5.41) is 0. The van der Waals surface area contributed by atoms with Crippen molar-refractivity contribution in [1.82, 2.24) is 9.55 Å². The maximum atomic E-state index is 13.0. The molecular formula is C20H17F3N2S. The first-order valence-corrected chi connectivity index (χ1v) is 9.33. The lowest BCUT2D eigenvalue weighted by Crippen LogP contribution is -2.34. The van der Waals surface area contributed by atoms with E-state index in [2.05, 4.69) is 17.1 Å². The molecular weight excluding hydrogens is 357 g/mol. The molecule has 2 nitrogen and oxygen atoms in total. The Kier molecular flexibility index (Phi) is 4.31. The summed E-state index contributed by atoms with van der Waals surface area (Å²) in [5.41, 5.74) is 2.69. The highest BCUT2D eigenvalue weighted by Crippen LogP contribution is 2.49. The topological polar surface area (TPSA) is 17.8 Å². The van der Waals surface area contributed by atoms with Gasteiger partial charge in [0.15, 0.2) is 0 Å². The fourth-order valence-electron chi connectivity index (χ4n) is 3.57. The van der Waals surface area contributed by atoms with Crippen LogP contribution in [-0.4, -0.2) is 15.3 Å². The molecule has 0 amide bonds. The molecule has 1 aromatic heterocycles. The van der Waals surface area contributed by atoms with Gasteiger partial charge in [-0.2, -0.15) is 13.2 Å². The Bertz CT molecular complexity index is 888. The largest absolute Gasteiger partial charge is 0.416 e. The van der Waals surface area contributed by atoms with Gasteiger partial charge >= 0.3 is 6.18 Å². The second-order valence-electron chi connectivity index (χ2n) is 6.39. The summed E-state index contributed by atoms with van der Waals surface area (Å²) in [6.07, 6.45) is 2.01. The lowest BCUT2D eigenvalue weighted by molar-refractivity contribution is -0.137. The molecule has 0 N–H and O–H groups in total. The number of aryl methyl sites for hydroxylation is 1. The molecule has 0 radical (unpaired) electrons. The number of aromatic nitrogens is 2. The summed E-state index contributed by atoms with van der Waals surface area (Å²) in [6.45, 7) is 0.625. The van der Waals surface area contributed by atoms with Crippen molar-refractivity contribution in [3.05, 3.63) is 89.5 Å². The number of halogens is 3. The number of fused-ring (bicyclic) bond motifs is 1. The Morgan fingerprint density at radius 1 is 1.08 bits per heavy atom. The van der Waals surface area contributed by atoms with Crippen molar-refractivity contribution in [1.29, 1.82) is 0 Å². The Morgan fingerprint density at radius 2 is 1.85 bits per heavy atom. The fraction of sp³-hybridized carbons (Fsp3) is 0.250. The van der Waals surface area contributed by atoms with Gasteiger partial charge in [0.1, 0.15) is 0 Å². The molecule has 26 heavy (non-hydrogen) atoms. The molecule has 1 unspecified atom stereocenters. The molecule has 2 aromatic carbocycles. The van der Waals surface area contributed by atoms with Gasteiger partial charge in [0.2, 0.25) is 0 Å². The molecule has 0 fully saturated rings. The SMILES string of the molecule is FC(F)(F)c1ccc(C2(Cn3ccnc3)SCCc3ccccc32)cc1. The van der Waals surface area contributed by atoms with E-state index < -0.39 is 16.5 Å². The number of benzene rings is 2. The van der Waals surface area contributed by atoms with Crippen molar-refractivity contribution in [3.8, 4) is 0 Å². The van der Waals surface area contributed by atoms with Crippen LogP contribution >= 0.6 is 11.8 Å². The van der Waals surface area contributed by atoms with E-state index in [1.807, 2.05) is 22.9 Å². The first-order chi connectivity index (χ1) is 12.5. The van der Waals surface area contributed by atoms with Gasteiger partial charge in [0.05, 0.1) is 16.6 Å². The summed E-state index contributed by atoms with van der Waals surface area (Å²) in [6, 6.07) is 13.8. The van der Waals surface area contributed by atoms with Gasteiger partial charge in [0.25, 0.3) is 0 Å². The Hall–Kier alpha value is -2.21. The first kappa shape index (κ1) is 17.2. The Balaban J connectivity index is 1.85. The first-order valence-electron chi connectivity index (χ1n) is 8.35. The Labute approximate surface area is 154 Å². The fourth-order valence-corrected chi connectivity index (χ4v) is 5.14. The molecule has 0 saturated heterocycles. The third kappa shape index (κ3) is 3.03. The lowest BCUT2D eigenvalue weighted by atomic mass is 9.85. The van der Waals surface area contributed by atoms with E-state index in [4.69, 9.17) is 0 Å². The van der Waals surface area contributed by atoms with Crippen LogP contribution in [0.1, 0.15) is 22.3 Å². The van der Waals surface area contributed by atoms with Crippen LogP contribution in [0, 0.1) is 0 Å². The van der Waals surface area contributed by atoms with Crippen LogP contribution in [0.15, 0.2) is 67.3 Å². The number of imidazole rings is 1. The van der Waals surface area contributed by atoms with Crippen molar-refractivity contribution in [2.24, 2.45) is 0 Å². The van der Waals surface area contributed by atoms with Crippen molar-refractivity contribution in [2.75, 3.05) is 5.75 Å². The van der Waals surface area contributed by atoms with Gasteiger partial charge in [-0.1, -0.05) is 36.4 Å². The summed E-state index contributed by atoms with van der Waals surface area (Å²) in [7, 11) is 0. The summed E-state index contributed by atoms with van der Waals surface area (Å²) >= 11 is 1.79. The number of rotatable bonds is 3. The summed E-state index contributed by atoms with van der Waals surface area (Å²) in [4.78, 5) is 4.12. The minimum Gasteiger partial charge on any atom is -0.335 e. The monoisotopic (exact) mass is 374 g/mol.